The van der Waals surface area contributed by atoms with Gasteiger partial charge in [-0.1, -0.05) is 15.9 Å². The van der Waals surface area contributed by atoms with Crippen LogP contribution in [0.15, 0.2) is 21.4 Å². The molecule has 10 heteroatoms. The number of H-pyrrole nitrogens is 1. The molecule has 0 spiro atoms. The molecular formula is C19H17BrN4O5. The third-order valence-corrected chi connectivity index (χ3v) is 4.38. The van der Waals surface area contributed by atoms with Crippen LogP contribution in [0.2, 0.25) is 0 Å². The zero-order chi connectivity index (χ0) is 21.6. The normalized spacial score (nSPS) is 9.97. The molecule has 0 unspecified atom stereocenters. The Balaban J connectivity index is 2.66. The lowest BCUT2D eigenvalue weighted by Gasteiger charge is -2.16. The van der Waals surface area contributed by atoms with Gasteiger partial charge in [-0.15, -0.1) is 0 Å². The van der Waals surface area contributed by atoms with Crippen LogP contribution >= 0.6 is 15.9 Å². The Morgan fingerprint density at radius 1 is 1.14 bits per heavy atom. The smallest absolute Gasteiger partial charge is 0.344 e. The number of nitrogens with one attached hydrogen (secondary N) is 1. The monoisotopic (exact) mass is 460 g/mol. The number of nitrogen functional groups attached to an aromatic ring is 1. The van der Waals surface area contributed by atoms with Gasteiger partial charge in [0.1, 0.15) is 29.1 Å². The van der Waals surface area contributed by atoms with Crippen molar-refractivity contribution in [2.24, 2.45) is 0 Å². The zero-order valence-corrected chi connectivity index (χ0v) is 17.3. The zero-order valence-electron chi connectivity index (χ0n) is 15.7. The third-order valence-electron chi connectivity index (χ3n) is 3.72. The second-order valence-electron chi connectivity index (χ2n) is 5.52. The van der Waals surface area contributed by atoms with Gasteiger partial charge >= 0.3 is 5.97 Å². The summed E-state index contributed by atoms with van der Waals surface area (Å²) < 4.78 is 16.3. The quantitative estimate of drug-likeness (QED) is 0.597. The number of aromatic amines is 1. The minimum Gasteiger partial charge on any atom is -0.490 e. The number of nitriles is 2. The van der Waals surface area contributed by atoms with Gasteiger partial charge in [0.05, 0.1) is 13.2 Å². The summed E-state index contributed by atoms with van der Waals surface area (Å²) in [5, 5.41) is 18.9. The van der Waals surface area contributed by atoms with Gasteiger partial charge in [0.25, 0.3) is 5.56 Å². The molecule has 29 heavy (non-hydrogen) atoms. The first-order chi connectivity index (χ1) is 13.9. The number of anilines is 1. The lowest BCUT2D eigenvalue weighted by atomic mass is 9.96. The summed E-state index contributed by atoms with van der Waals surface area (Å²) in [6, 6.07) is 6.74. The van der Waals surface area contributed by atoms with Crippen LogP contribution < -0.4 is 20.8 Å². The Morgan fingerprint density at radius 2 is 1.79 bits per heavy atom. The summed E-state index contributed by atoms with van der Waals surface area (Å²) in [5.41, 5.74) is 5.14. The Labute approximate surface area is 174 Å². The van der Waals surface area contributed by atoms with Crippen molar-refractivity contribution < 1.29 is 19.0 Å². The number of nitrogens with zero attached hydrogens (tertiary/aromatic N) is 2. The fourth-order valence-corrected chi connectivity index (χ4v) is 3.08. The summed E-state index contributed by atoms with van der Waals surface area (Å²) in [7, 11) is 0. The minimum absolute atomic E-state index is 0.0514. The number of rotatable bonds is 7. The summed E-state index contributed by atoms with van der Waals surface area (Å²) in [6.45, 7) is 3.61. The Morgan fingerprint density at radius 3 is 2.38 bits per heavy atom. The number of carbonyl (C=O) groups excluding carboxylic acids is 1. The van der Waals surface area contributed by atoms with Crippen LogP contribution in [-0.4, -0.2) is 30.8 Å². The van der Waals surface area contributed by atoms with E-state index in [2.05, 4.69) is 20.9 Å². The van der Waals surface area contributed by atoms with Crippen molar-refractivity contribution in [3.63, 3.8) is 0 Å². The predicted molar refractivity (Wildman–Crippen MR) is 107 cm³/mol. The maximum absolute atomic E-state index is 12.2. The molecule has 1 heterocycles. The fourth-order valence-electron chi connectivity index (χ4n) is 2.56. The van der Waals surface area contributed by atoms with E-state index in [-0.39, 0.29) is 53.8 Å². The van der Waals surface area contributed by atoms with E-state index in [9.17, 15) is 20.1 Å². The number of benzene rings is 1. The molecule has 1 aromatic heterocycles. The average Bonchev–Trinajstić information content (AvgIpc) is 2.68. The van der Waals surface area contributed by atoms with Crippen LogP contribution in [0.25, 0.3) is 11.1 Å². The lowest BCUT2D eigenvalue weighted by molar-refractivity contribution is -0.145. The first-order valence-corrected chi connectivity index (χ1v) is 9.28. The van der Waals surface area contributed by atoms with Gasteiger partial charge in [0.15, 0.2) is 18.1 Å². The first-order valence-electron chi connectivity index (χ1n) is 8.48. The van der Waals surface area contributed by atoms with E-state index >= 15 is 0 Å². The van der Waals surface area contributed by atoms with Crippen molar-refractivity contribution in [3.05, 3.63) is 38.1 Å². The van der Waals surface area contributed by atoms with E-state index < -0.39 is 11.5 Å². The van der Waals surface area contributed by atoms with Gasteiger partial charge in [-0.3, -0.25) is 4.79 Å². The van der Waals surface area contributed by atoms with E-state index in [1.54, 1.807) is 13.8 Å². The summed E-state index contributed by atoms with van der Waals surface area (Å²) in [4.78, 5) is 26.0. The van der Waals surface area contributed by atoms with Crippen LogP contribution in [0.1, 0.15) is 25.0 Å². The molecule has 0 saturated heterocycles. The van der Waals surface area contributed by atoms with Gasteiger partial charge in [-0.25, -0.2) is 4.79 Å². The summed E-state index contributed by atoms with van der Waals surface area (Å²) in [5.74, 6) is -0.206. The number of pyridine rings is 1. The highest BCUT2D eigenvalue weighted by molar-refractivity contribution is 9.10. The molecule has 0 atom stereocenters. The molecule has 1 aromatic carbocycles. The molecule has 0 aliphatic heterocycles. The molecule has 0 aliphatic carbocycles. The van der Waals surface area contributed by atoms with Crippen LogP contribution in [0.3, 0.4) is 0 Å². The molecule has 9 nitrogen and oxygen atoms in total. The topological polar surface area (TPSA) is 151 Å². The Bertz CT molecular complexity index is 1080. The van der Waals surface area contributed by atoms with Crippen molar-refractivity contribution in [3.8, 4) is 34.8 Å². The van der Waals surface area contributed by atoms with Crippen molar-refractivity contribution in [2.75, 3.05) is 25.6 Å². The van der Waals surface area contributed by atoms with Crippen molar-refractivity contribution in [2.45, 2.75) is 13.8 Å². The highest BCUT2D eigenvalue weighted by atomic mass is 79.9. The molecule has 0 aliphatic rings. The summed E-state index contributed by atoms with van der Waals surface area (Å²) >= 11 is 3.36. The number of hydrogen-bond donors (Lipinski definition) is 2. The van der Waals surface area contributed by atoms with Crippen molar-refractivity contribution in [1.82, 2.24) is 4.98 Å². The molecule has 0 radical (unpaired) electrons. The minimum atomic E-state index is -0.716. The van der Waals surface area contributed by atoms with Crippen LogP contribution in [0.4, 0.5) is 5.82 Å². The Kier molecular flexibility index (Phi) is 7.23. The molecule has 2 rings (SSSR count). The number of ether oxygens (including phenoxy) is 3. The van der Waals surface area contributed by atoms with E-state index in [0.29, 0.717) is 10.0 Å². The SMILES string of the molecule is CCOC(=O)COc1cc(Br)c(-c2c(C#N)c(N)[nH]c(=O)c2C#N)cc1OCC. The molecule has 2 aromatic rings. The van der Waals surface area contributed by atoms with Gasteiger partial charge in [0.2, 0.25) is 0 Å². The fraction of sp³-hybridized carbons (Fsp3) is 0.263. The molecule has 0 bridgehead atoms. The molecule has 0 amide bonds. The Hall–Kier alpha value is -3.50. The lowest BCUT2D eigenvalue weighted by Crippen LogP contribution is -2.17. The van der Waals surface area contributed by atoms with Crippen LogP contribution in [0.5, 0.6) is 11.5 Å². The average molecular weight is 461 g/mol. The van der Waals surface area contributed by atoms with Crippen LogP contribution in [-0.2, 0) is 9.53 Å². The van der Waals surface area contributed by atoms with Gasteiger partial charge in [-0.05, 0) is 26.0 Å². The first kappa shape index (κ1) is 21.8. The molecule has 3 N–H and O–H groups in total. The maximum Gasteiger partial charge on any atom is 0.344 e. The molecule has 0 fully saturated rings. The number of esters is 1. The largest absolute Gasteiger partial charge is 0.490 e. The standard InChI is InChI=1S/C19H17BrN4O5/c1-3-27-14-5-10(13(20)6-15(14)29-9-16(25)28-4-2)17-11(7-21)18(23)24-19(26)12(17)8-22/h5-6H,3-4,9H2,1-2H3,(H3,23,24,26). The predicted octanol–water partition coefficient (Wildman–Crippen LogP) is 2.47. The number of nitrogens with two attached hydrogens (primary N) is 1. The van der Waals surface area contributed by atoms with Gasteiger partial charge < -0.3 is 24.9 Å². The van der Waals surface area contributed by atoms with Crippen molar-refractivity contribution >= 4 is 27.7 Å². The van der Waals surface area contributed by atoms with E-state index in [1.807, 2.05) is 12.1 Å². The third kappa shape index (κ3) is 4.68. The van der Waals surface area contributed by atoms with E-state index in [0.717, 1.165) is 0 Å². The maximum atomic E-state index is 12.2. The molecule has 150 valence electrons. The second-order valence-corrected chi connectivity index (χ2v) is 6.38. The van der Waals surface area contributed by atoms with E-state index in [1.165, 1.54) is 12.1 Å². The van der Waals surface area contributed by atoms with E-state index in [4.69, 9.17) is 19.9 Å². The number of halogens is 1. The second kappa shape index (κ2) is 9.62. The number of hydrogen-bond acceptors (Lipinski definition) is 8. The van der Waals surface area contributed by atoms with Gasteiger partial charge in [0, 0.05) is 15.6 Å². The summed E-state index contributed by atoms with van der Waals surface area (Å²) in [6.07, 6.45) is 0. The molecule has 0 saturated carbocycles. The number of aromatic nitrogens is 1. The molecular weight excluding hydrogens is 444 g/mol. The van der Waals surface area contributed by atoms with Gasteiger partial charge in [-0.2, -0.15) is 10.5 Å². The van der Waals surface area contributed by atoms with Crippen LogP contribution in [0, 0.1) is 22.7 Å². The highest BCUT2D eigenvalue weighted by Gasteiger charge is 2.22. The highest BCUT2D eigenvalue weighted by Crippen LogP contribution is 2.41. The number of carbonyl (C=O) groups is 1. The van der Waals surface area contributed by atoms with Crippen molar-refractivity contribution in [1.29, 1.82) is 10.5 Å².